The van der Waals surface area contributed by atoms with E-state index in [9.17, 15) is 9.18 Å². The lowest BCUT2D eigenvalue weighted by atomic mass is 9.76. The Balaban J connectivity index is 2.07. The predicted octanol–water partition coefficient (Wildman–Crippen LogP) is 3.99. The highest BCUT2D eigenvalue weighted by Crippen LogP contribution is 2.37. The van der Waals surface area contributed by atoms with Gasteiger partial charge in [0, 0.05) is 0 Å². The molecule has 2 nitrogen and oxygen atoms in total. The molecule has 1 saturated carbocycles. The Hall–Kier alpha value is -1.38. The first-order valence-corrected chi connectivity index (χ1v) is 6.42. The fourth-order valence-corrected chi connectivity index (χ4v) is 2.40. The summed E-state index contributed by atoms with van der Waals surface area (Å²) in [4.78, 5) is 10.9. The number of hydrogen-bond donors (Lipinski definition) is 0. The molecule has 1 aliphatic rings. The van der Waals surface area contributed by atoms with Gasteiger partial charge in [-0.25, -0.2) is 4.39 Å². The number of benzene rings is 1. The first kappa shape index (κ1) is 13.1. The van der Waals surface area contributed by atoms with Gasteiger partial charge in [0.05, 0.1) is 11.7 Å². The molecule has 0 aromatic heterocycles. The number of carbonyl (C=O) groups excluding carboxylic acids is 1. The number of hydrogen-bond acceptors (Lipinski definition) is 2. The summed E-state index contributed by atoms with van der Waals surface area (Å²) in [6.07, 6.45) is 4.74. The van der Waals surface area contributed by atoms with Gasteiger partial charge < -0.3 is 4.74 Å². The van der Waals surface area contributed by atoms with Crippen molar-refractivity contribution in [2.45, 2.75) is 45.6 Å². The fourth-order valence-electron chi connectivity index (χ4n) is 2.40. The van der Waals surface area contributed by atoms with Crippen LogP contribution >= 0.6 is 0 Å². The minimum atomic E-state index is -0.515. The third-order valence-corrected chi connectivity index (χ3v) is 3.71. The van der Waals surface area contributed by atoms with Gasteiger partial charge in [0.25, 0.3) is 0 Å². The molecule has 18 heavy (non-hydrogen) atoms. The van der Waals surface area contributed by atoms with E-state index in [2.05, 4.69) is 13.8 Å². The molecule has 0 saturated heterocycles. The highest BCUT2D eigenvalue weighted by molar-refractivity contribution is 5.79. The molecule has 0 heterocycles. The summed E-state index contributed by atoms with van der Waals surface area (Å²) in [5, 5.41) is 0. The normalized spacial score (nSPS) is 19.5. The van der Waals surface area contributed by atoms with Crippen molar-refractivity contribution in [3.05, 3.63) is 29.6 Å². The lowest BCUT2D eigenvalue weighted by Crippen LogP contribution is -2.28. The van der Waals surface area contributed by atoms with Crippen LogP contribution in [0.2, 0.25) is 0 Å². The van der Waals surface area contributed by atoms with Crippen molar-refractivity contribution in [1.29, 1.82) is 0 Å². The van der Waals surface area contributed by atoms with Crippen LogP contribution in [0.5, 0.6) is 5.75 Å². The summed E-state index contributed by atoms with van der Waals surface area (Å²) in [6.45, 7) is 4.50. The summed E-state index contributed by atoms with van der Waals surface area (Å²) in [7, 11) is 0. The maximum atomic E-state index is 13.4. The second-order valence-electron chi connectivity index (χ2n) is 5.75. The van der Waals surface area contributed by atoms with Crippen molar-refractivity contribution in [1.82, 2.24) is 0 Å². The van der Waals surface area contributed by atoms with Crippen LogP contribution in [-0.2, 0) is 0 Å². The van der Waals surface area contributed by atoms with Gasteiger partial charge in [-0.15, -0.1) is 0 Å². The molecule has 0 bridgehead atoms. The highest BCUT2D eigenvalue weighted by Gasteiger charge is 2.28. The van der Waals surface area contributed by atoms with Crippen molar-refractivity contribution in [2.24, 2.45) is 5.41 Å². The molecular formula is C15H19FO2. The molecular weight excluding hydrogens is 231 g/mol. The maximum absolute atomic E-state index is 13.4. The molecule has 1 fully saturated rings. The smallest absolute Gasteiger partial charge is 0.156 e. The topological polar surface area (TPSA) is 26.3 Å². The number of rotatable bonds is 3. The summed E-state index contributed by atoms with van der Waals surface area (Å²) >= 11 is 0. The Morgan fingerprint density at radius 3 is 2.61 bits per heavy atom. The van der Waals surface area contributed by atoms with Crippen LogP contribution < -0.4 is 4.74 Å². The zero-order valence-corrected chi connectivity index (χ0v) is 10.9. The number of halogens is 1. The van der Waals surface area contributed by atoms with Gasteiger partial charge in [-0.05, 0) is 43.2 Å². The average Bonchev–Trinajstić information content (AvgIpc) is 2.32. The second-order valence-corrected chi connectivity index (χ2v) is 5.75. The van der Waals surface area contributed by atoms with E-state index in [-0.39, 0.29) is 11.7 Å². The molecule has 1 aliphatic carbocycles. The van der Waals surface area contributed by atoms with Gasteiger partial charge in [-0.2, -0.15) is 0 Å². The SMILES string of the molecule is CC1(C)CCC(Oc2cccc(F)c2C=O)CC1. The Bertz CT molecular complexity index is 430. The lowest BCUT2D eigenvalue weighted by Gasteiger charge is -2.34. The summed E-state index contributed by atoms with van der Waals surface area (Å²) in [5.74, 6) is -0.145. The van der Waals surface area contributed by atoms with E-state index in [4.69, 9.17) is 4.74 Å². The molecule has 1 aromatic carbocycles. The van der Waals surface area contributed by atoms with Gasteiger partial charge in [-0.3, -0.25) is 4.79 Å². The molecule has 0 unspecified atom stereocenters. The van der Waals surface area contributed by atoms with Crippen molar-refractivity contribution in [2.75, 3.05) is 0 Å². The molecule has 0 aliphatic heterocycles. The minimum Gasteiger partial charge on any atom is -0.490 e. The molecule has 3 heteroatoms. The van der Waals surface area contributed by atoms with Gasteiger partial charge in [0.2, 0.25) is 0 Å². The van der Waals surface area contributed by atoms with Gasteiger partial charge >= 0.3 is 0 Å². The quantitative estimate of drug-likeness (QED) is 0.758. The minimum absolute atomic E-state index is 0.0299. The van der Waals surface area contributed by atoms with E-state index < -0.39 is 5.82 Å². The van der Waals surface area contributed by atoms with Gasteiger partial charge in [-0.1, -0.05) is 19.9 Å². The van der Waals surface area contributed by atoms with Crippen molar-refractivity contribution in [3.8, 4) is 5.75 Å². The predicted molar refractivity (Wildman–Crippen MR) is 68.5 cm³/mol. The number of carbonyl (C=O) groups is 1. The second kappa shape index (κ2) is 5.09. The monoisotopic (exact) mass is 250 g/mol. The number of aldehydes is 1. The van der Waals surface area contributed by atoms with Crippen LogP contribution in [0.3, 0.4) is 0 Å². The van der Waals surface area contributed by atoms with Crippen molar-refractivity contribution >= 4 is 6.29 Å². The largest absolute Gasteiger partial charge is 0.490 e. The van der Waals surface area contributed by atoms with E-state index in [1.807, 2.05) is 0 Å². The highest BCUT2D eigenvalue weighted by atomic mass is 19.1. The Labute approximate surface area is 107 Å². The van der Waals surface area contributed by atoms with Crippen molar-refractivity contribution in [3.63, 3.8) is 0 Å². The van der Waals surface area contributed by atoms with E-state index in [1.54, 1.807) is 12.1 Å². The average molecular weight is 250 g/mol. The van der Waals surface area contributed by atoms with Gasteiger partial charge in [0.15, 0.2) is 6.29 Å². The van der Waals surface area contributed by atoms with Gasteiger partial charge in [0.1, 0.15) is 11.6 Å². The van der Waals surface area contributed by atoms with E-state index in [1.165, 1.54) is 6.07 Å². The molecule has 98 valence electrons. The number of ether oxygens (including phenoxy) is 1. The van der Waals surface area contributed by atoms with Crippen LogP contribution in [0.15, 0.2) is 18.2 Å². The van der Waals surface area contributed by atoms with E-state index in [0.29, 0.717) is 17.5 Å². The first-order valence-electron chi connectivity index (χ1n) is 6.42. The molecule has 0 spiro atoms. The standard InChI is InChI=1S/C15H19FO2/c1-15(2)8-6-11(7-9-15)18-14-5-3-4-13(16)12(14)10-17/h3-5,10-11H,6-9H2,1-2H3. The van der Waals surface area contributed by atoms with E-state index >= 15 is 0 Å². The summed E-state index contributed by atoms with van der Waals surface area (Å²) in [5.41, 5.74) is 0.400. The molecule has 0 N–H and O–H groups in total. The Kier molecular flexibility index (Phi) is 3.69. The molecule has 2 rings (SSSR count). The van der Waals surface area contributed by atoms with Crippen molar-refractivity contribution < 1.29 is 13.9 Å². The molecule has 0 amide bonds. The first-order chi connectivity index (χ1) is 8.52. The zero-order chi connectivity index (χ0) is 13.2. The fraction of sp³-hybridized carbons (Fsp3) is 0.533. The Morgan fingerprint density at radius 1 is 1.33 bits per heavy atom. The molecule has 0 radical (unpaired) electrons. The lowest BCUT2D eigenvalue weighted by molar-refractivity contribution is 0.0956. The van der Waals surface area contributed by atoms with Crippen LogP contribution in [0.1, 0.15) is 49.9 Å². The van der Waals surface area contributed by atoms with Crippen LogP contribution in [-0.4, -0.2) is 12.4 Å². The third kappa shape index (κ3) is 2.89. The zero-order valence-electron chi connectivity index (χ0n) is 10.9. The maximum Gasteiger partial charge on any atom is 0.156 e. The van der Waals surface area contributed by atoms with Crippen LogP contribution in [0.4, 0.5) is 4.39 Å². The summed E-state index contributed by atoms with van der Waals surface area (Å²) in [6, 6.07) is 4.51. The third-order valence-electron chi connectivity index (χ3n) is 3.71. The Morgan fingerprint density at radius 2 is 2.00 bits per heavy atom. The summed E-state index contributed by atoms with van der Waals surface area (Å²) < 4.78 is 19.2. The molecule has 0 atom stereocenters. The van der Waals surface area contributed by atoms with Crippen LogP contribution in [0.25, 0.3) is 0 Å². The molecule has 1 aromatic rings. The van der Waals surface area contributed by atoms with Crippen LogP contribution in [0, 0.1) is 11.2 Å². The van der Waals surface area contributed by atoms with E-state index in [0.717, 1.165) is 25.7 Å².